The summed E-state index contributed by atoms with van der Waals surface area (Å²) < 4.78 is 6.61. The summed E-state index contributed by atoms with van der Waals surface area (Å²) in [5.74, 6) is 0. The van der Waals surface area contributed by atoms with E-state index in [0.29, 0.717) is 16.7 Å². The van der Waals surface area contributed by atoms with Crippen LogP contribution in [0.15, 0.2) is 56.7 Å². The summed E-state index contributed by atoms with van der Waals surface area (Å²) in [6.07, 6.45) is 1.37. The Labute approximate surface area is 157 Å². The zero-order valence-electron chi connectivity index (χ0n) is 15.1. The Morgan fingerprint density at radius 1 is 1.07 bits per heavy atom. The predicted molar refractivity (Wildman–Crippen MR) is 104 cm³/mol. The molecule has 0 aliphatic heterocycles. The topological polar surface area (TPSA) is 108 Å². The molecule has 8 nitrogen and oxygen atoms in total. The van der Waals surface area contributed by atoms with Gasteiger partial charge in [0.2, 0.25) is 0 Å². The molecule has 140 valence electrons. The van der Waals surface area contributed by atoms with Gasteiger partial charge < -0.3 is 4.42 Å². The SMILES string of the molecule is Cc1cc2oc(=O)cc(Cn3cnc4ccc([N+](=O)[O-])cc4c3=O)c2cc1C. The number of nitro benzene ring substituents is 1. The van der Waals surface area contributed by atoms with Crippen molar-refractivity contribution >= 4 is 27.6 Å². The van der Waals surface area contributed by atoms with E-state index in [-0.39, 0.29) is 17.6 Å². The molecule has 2 aromatic heterocycles. The Balaban J connectivity index is 1.90. The van der Waals surface area contributed by atoms with Gasteiger partial charge in [-0.05, 0) is 48.7 Å². The zero-order chi connectivity index (χ0) is 20.0. The predicted octanol–water partition coefficient (Wildman–Crippen LogP) is 3.08. The Morgan fingerprint density at radius 3 is 2.57 bits per heavy atom. The van der Waals surface area contributed by atoms with Gasteiger partial charge >= 0.3 is 5.63 Å². The number of aromatic nitrogens is 2. The molecule has 0 unspecified atom stereocenters. The third kappa shape index (κ3) is 2.94. The molecular weight excluding hydrogens is 362 g/mol. The Bertz CT molecular complexity index is 1380. The van der Waals surface area contributed by atoms with Crippen molar-refractivity contribution in [3.05, 3.63) is 90.3 Å². The Hall–Kier alpha value is -3.81. The van der Waals surface area contributed by atoms with Gasteiger partial charge in [0.1, 0.15) is 5.58 Å². The van der Waals surface area contributed by atoms with E-state index in [4.69, 9.17) is 4.42 Å². The monoisotopic (exact) mass is 377 g/mol. The van der Waals surface area contributed by atoms with Crippen LogP contribution in [0.4, 0.5) is 5.69 Å². The quantitative estimate of drug-likeness (QED) is 0.308. The van der Waals surface area contributed by atoms with Gasteiger partial charge in [0.15, 0.2) is 0 Å². The normalized spacial score (nSPS) is 11.2. The molecule has 0 bridgehead atoms. The molecule has 4 aromatic rings. The molecule has 0 saturated heterocycles. The van der Waals surface area contributed by atoms with E-state index in [9.17, 15) is 19.7 Å². The van der Waals surface area contributed by atoms with E-state index in [1.165, 1.54) is 35.2 Å². The van der Waals surface area contributed by atoms with Crippen LogP contribution < -0.4 is 11.2 Å². The highest BCUT2D eigenvalue weighted by molar-refractivity contribution is 5.82. The number of benzene rings is 2. The van der Waals surface area contributed by atoms with Crippen LogP contribution in [-0.2, 0) is 6.54 Å². The minimum Gasteiger partial charge on any atom is -0.423 e. The van der Waals surface area contributed by atoms with Crippen molar-refractivity contribution in [2.24, 2.45) is 0 Å². The van der Waals surface area contributed by atoms with Crippen LogP contribution in [-0.4, -0.2) is 14.5 Å². The van der Waals surface area contributed by atoms with Crippen LogP contribution >= 0.6 is 0 Å². The van der Waals surface area contributed by atoms with E-state index >= 15 is 0 Å². The molecule has 0 aliphatic carbocycles. The van der Waals surface area contributed by atoms with Crippen molar-refractivity contribution in [1.29, 1.82) is 0 Å². The first-order valence-electron chi connectivity index (χ1n) is 8.51. The number of non-ortho nitro benzene ring substituents is 1. The number of nitrogens with zero attached hydrogens (tertiary/aromatic N) is 3. The number of aryl methyl sites for hydroxylation is 2. The Morgan fingerprint density at radius 2 is 1.82 bits per heavy atom. The van der Waals surface area contributed by atoms with Gasteiger partial charge in [-0.25, -0.2) is 9.78 Å². The van der Waals surface area contributed by atoms with Crippen LogP contribution in [0.2, 0.25) is 0 Å². The second-order valence-corrected chi connectivity index (χ2v) is 6.66. The molecule has 28 heavy (non-hydrogen) atoms. The van der Waals surface area contributed by atoms with Gasteiger partial charge in [0, 0.05) is 23.6 Å². The van der Waals surface area contributed by atoms with Crippen molar-refractivity contribution in [3.8, 4) is 0 Å². The number of hydrogen-bond donors (Lipinski definition) is 0. The lowest BCUT2D eigenvalue weighted by molar-refractivity contribution is -0.384. The van der Waals surface area contributed by atoms with Crippen LogP contribution in [0, 0.1) is 24.0 Å². The third-order valence-corrected chi connectivity index (χ3v) is 4.80. The largest absolute Gasteiger partial charge is 0.423 e. The van der Waals surface area contributed by atoms with Gasteiger partial charge in [-0.2, -0.15) is 0 Å². The number of hydrogen-bond acceptors (Lipinski definition) is 6. The molecule has 0 atom stereocenters. The maximum absolute atomic E-state index is 12.8. The minimum atomic E-state index is -0.558. The first-order chi connectivity index (χ1) is 13.3. The highest BCUT2D eigenvalue weighted by atomic mass is 16.6. The van der Waals surface area contributed by atoms with Crippen molar-refractivity contribution < 1.29 is 9.34 Å². The summed E-state index contributed by atoms with van der Waals surface area (Å²) >= 11 is 0. The van der Waals surface area contributed by atoms with E-state index in [1.807, 2.05) is 19.9 Å². The van der Waals surface area contributed by atoms with Gasteiger partial charge in [0.25, 0.3) is 11.2 Å². The summed E-state index contributed by atoms with van der Waals surface area (Å²) in [7, 11) is 0. The molecule has 0 amide bonds. The fourth-order valence-corrected chi connectivity index (χ4v) is 3.17. The van der Waals surface area contributed by atoms with Crippen LogP contribution in [0.1, 0.15) is 16.7 Å². The molecule has 0 N–H and O–H groups in total. The van der Waals surface area contributed by atoms with E-state index in [1.54, 1.807) is 6.07 Å². The molecule has 0 radical (unpaired) electrons. The number of rotatable bonds is 3. The summed E-state index contributed by atoms with van der Waals surface area (Å²) in [5.41, 5.74) is 2.34. The van der Waals surface area contributed by atoms with Crippen molar-refractivity contribution in [1.82, 2.24) is 9.55 Å². The minimum absolute atomic E-state index is 0.0923. The molecule has 0 aliphatic rings. The zero-order valence-corrected chi connectivity index (χ0v) is 15.1. The average Bonchev–Trinajstić information content (AvgIpc) is 2.65. The van der Waals surface area contributed by atoms with Crippen LogP contribution in [0.5, 0.6) is 0 Å². The summed E-state index contributed by atoms with van der Waals surface area (Å²) in [4.78, 5) is 39.5. The average molecular weight is 377 g/mol. The third-order valence-electron chi connectivity index (χ3n) is 4.80. The lowest BCUT2D eigenvalue weighted by Crippen LogP contribution is -2.22. The highest BCUT2D eigenvalue weighted by Gasteiger charge is 2.13. The summed E-state index contributed by atoms with van der Waals surface area (Å²) in [6, 6.07) is 9.01. The smallest absolute Gasteiger partial charge is 0.336 e. The molecule has 0 spiro atoms. The van der Waals surface area contributed by atoms with E-state index < -0.39 is 16.1 Å². The van der Waals surface area contributed by atoms with E-state index in [2.05, 4.69) is 4.98 Å². The summed E-state index contributed by atoms with van der Waals surface area (Å²) in [6.45, 7) is 3.97. The molecule has 2 aromatic carbocycles. The first-order valence-corrected chi connectivity index (χ1v) is 8.51. The van der Waals surface area contributed by atoms with Gasteiger partial charge in [0.05, 0.1) is 28.7 Å². The maximum atomic E-state index is 12.8. The van der Waals surface area contributed by atoms with Crippen molar-refractivity contribution in [2.45, 2.75) is 20.4 Å². The van der Waals surface area contributed by atoms with E-state index in [0.717, 1.165) is 16.5 Å². The highest BCUT2D eigenvalue weighted by Crippen LogP contribution is 2.22. The lowest BCUT2D eigenvalue weighted by atomic mass is 10.0. The molecule has 0 fully saturated rings. The molecule has 4 rings (SSSR count). The molecule has 2 heterocycles. The second kappa shape index (κ2) is 6.41. The molecule has 0 saturated carbocycles. The van der Waals surface area contributed by atoms with Crippen molar-refractivity contribution in [2.75, 3.05) is 0 Å². The first kappa shape index (κ1) is 17.6. The standard InChI is InChI=1S/C20H15N3O5/c1-11-5-15-13(7-19(24)28-18(15)6-12(11)2)9-22-10-21-17-4-3-14(23(26)27)8-16(17)20(22)25/h3-8,10H,9H2,1-2H3. The molecular formula is C20H15N3O5. The second-order valence-electron chi connectivity index (χ2n) is 6.66. The van der Waals surface area contributed by atoms with Crippen LogP contribution in [0.25, 0.3) is 21.9 Å². The molecule has 8 heteroatoms. The van der Waals surface area contributed by atoms with Gasteiger partial charge in [-0.1, -0.05) is 0 Å². The van der Waals surface area contributed by atoms with Crippen LogP contribution in [0.3, 0.4) is 0 Å². The fourth-order valence-electron chi connectivity index (χ4n) is 3.17. The summed E-state index contributed by atoms with van der Waals surface area (Å²) in [5, 5.41) is 11.9. The fraction of sp³-hybridized carbons (Fsp3) is 0.150. The van der Waals surface area contributed by atoms with Gasteiger partial charge in [-0.15, -0.1) is 0 Å². The Kier molecular flexibility index (Phi) is 4.03. The maximum Gasteiger partial charge on any atom is 0.336 e. The van der Waals surface area contributed by atoms with Crippen molar-refractivity contribution in [3.63, 3.8) is 0 Å². The lowest BCUT2D eigenvalue weighted by Gasteiger charge is -2.10. The number of fused-ring (bicyclic) bond motifs is 2. The number of nitro groups is 1. The van der Waals surface area contributed by atoms with Gasteiger partial charge in [-0.3, -0.25) is 19.5 Å².